The molecule has 3 rings (SSSR count). The van der Waals surface area contributed by atoms with E-state index in [1.54, 1.807) is 0 Å². The van der Waals surface area contributed by atoms with E-state index in [1.165, 1.54) is 16.7 Å². The van der Waals surface area contributed by atoms with Crippen LogP contribution in [0.15, 0.2) is 48.5 Å². The van der Waals surface area contributed by atoms with Gasteiger partial charge in [0.2, 0.25) is 0 Å². The van der Waals surface area contributed by atoms with Gasteiger partial charge in [0.1, 0.15) is 5.60 Å². The summed E-state index contributed by atoms with van der Waals surface area (Å²) >= 11 is 0. The van der Waals surface area contributed by atoms with Gasteiger partial charge >= 0.3 is 6.09 Å². The Kier molecular flexibility index (Phi) is 4.61. The molecule has 2 aromatic carbocycles. The number of ether oxygens (including phenoxy) is 1. The molecule has 0 saturated carbocycles. The molecule has 0 aromatic heterocycles. The van der Waals surface area contributed by atoms with Crippen LogP contribution in [0.25, 0.3) is 0 Å². The van der Waals surface area contributed by atoms with Crippen molar-refractivity contribution in [3.05, 3.63) is 70.8 Å². The average molecular weight is 323 g/mol. The Labute approximate surface area is 144 Å². The van der Waals surface area contributed by atoms with Crippen LogP contribution in [0, 0.1) is 0 Å². The number of hydrogen-bond donors (Lipinski definition) is 1. The molecule has 0 fully saturated rings. The zero-order chi connectivity index (χ0) is 17.2. The lowest BCUT2D eigenvalue weighted by atomic mass is 9.95. The highest BCUT2D eigenvalue weighted by atomic mass is 16.6. The molecule has 1 aliphatic carbocycles. The maximum absolute atomic E-state index is 11.7. The van der Waals surface area contributed by atoms with Crippen molar-refractivity contribution in [2.24, 2.45) is 0 Å². The third-order valence-electron chi connectivity index (χ3n) is 4.34. The molecular weight excluding hydrogens is 298 g/mol. The monoisotopic (exact) mass is 323 g/mol. The van der Waals surface area contributed by atoms with Gasteiger partial charge in [0.15, 0.2) is 0 Å². The minimum atomic E-state index is -0.467. The Morgan fingerprint density at radius 2 is 1.62 bits per heavy atom. The summed E-state index contributed by atoms with van der Waals surface area (Å²) in [5, 5.41) is 2.80. The molecule has 0 spiro atoms. The fraction of sp³-hybridized carbons (Fsp3) is 0.381. The predicted octanol–water partition coefficient (Wildman–Crippen LogP) is 4.59. The van der Waals surface area contributed by atoms with Gasteiger partial charge in [-0.05, 0) is 61.8 Å². The summed E-state index contributed by atoms with van der Waals surface area (Å²) in [6.07, 6.45) is 1.86. The Hall–Kier alpha value is -2.29. The van der Waals surface area contributed by atoms with Gasteiger partial charge in [-0.15, -0.1) is 0 Å². The second-order valence-corrected chi connectivity index (χ2v) is 7.47. The topological polar surface area (TPSA) is 38.3 Å². The molecular formula is C21H25NO2. The van der Waals surface area contributed by atoms with Gasteiger partial charge in [0, 0.05) is 6.54 Å². The molecule has 126 valence electrons. The van der Waals surface area contributed by atoms with Gasteiger partial charge in [-0.3, -0.25) is 0 Å². The maximum atomic E-state index is 11.7. The first-order chi connectivity index (χ1) is 11.4. The Morgan fingerprint density at radius 1 is 1.04 bits per heavy atom. The van der Waals surface area contributed by atoms with E-state index >= 15 is 0 Å². The van der Waals surface area contributed by atoms with Crippen LogP contribution in [0.4, 0.5) is 4.79 Å². The normalized spacial score (nSPS) is 14.3. The SMILES string of the molecule is CC(C)(C)OC(=O)NCc1ccc(C2Cc3ccccc3C2)cc1. The molecule has 0 unspecified atom stereocenters. The number of alkyl carbamates (subject to hydrolysis) is 1. The summed E-state index contributed by atoms with van der Waals surface area (Å²) in [5.41, 5.74) is 4.93. The third-order valence-corrected chi connectivity index (χ3v) is 4.34. The van der Waals surface area contributed by atoms with Crippen LogP contribution < -0.4 is 5.32 Å². The van der Waals surface area contributed by atoms with Crippen LogP contribution in [-0.4, -0.2) is 11.7 Å². The zero-order valence-electron chi connectivity index (χ0n) is 14.6. The fourth-order valence-electron chi connectivity index (χ4n) is 3.19. The fourth-order valence-corrected chi connectivity index (χ4v) is 3.19. The number of benzene rings is 2. The van der Waals surface area contributed by atoms with E-state index in [0.29, 0.717) is 12.5 Å². The first-order valence-electron chi connectivity index (χ1n) is 8.53. The largest absolute Gasteiger partial charge is 0.444 e. The number of rotatable bonds is 3. The first kappa shape index (κ1) is 16.6. The molecule has 1 N–H and O–H groups in total. The lowest BCUT2D eigenvalue weighted by molar-refractivity contribution is 0.0523. The van der Waals surface area contributed by atoms with Crippen molar-refractivity contribution in [1.29, 1.82) is 0 Å². The highest BCUT2D eigenvalue weighted by Gasteiger charge is 2.22. The van der Waals surface area contributed by atoms with Crippen molar-refractivity contribution in [3.63, 3.8) is 0 Å². The molecule has 3 heteroatoms. The first-order valence-corrected chi connectivity index (χ1v) is 8.53. The number of nitrogens with one attached hydrogen (secondary N) is 1. The van der Waals surface area contributed by atoms with E-state index in [2.05, 4.69) is 53.8 Å². The number of carbonyl (C=O) groups excluding carboxylic acids is 1. The number of amides is 1. The summed E-state index contributed by atoms with van der Waals surface area (Å²) < 4.78 is 5.25. The van der Waals surface area contributed by atoms with Crippen LogP contribution in [0.2, 0.25) is 0 Å². The highest BCUT2D eigenvalue weighted by Crippen LogP contribution is 2.33. The minimum Gasteiger partial charge on any atom is -0.444 e. The quantitative estimate of drug-likeness (QED) is 0.897. The molecule has 0 heterocycles. The van der Waals surface area contributed by atoms with Crippen LogP contribution in [-0.2, 0) is 24.1 Å². The van der Waals surface area contributed by atoms with E-state index in [0.717, 1.165) is 18.4 Å². The smallest absolute Gasteiger partial charge is 0.407 e. The molecule has 0 atom stereocenters. The molecule has 2 aromatic rings. The molecule has 0 bridgehead atoms. The molecule has 3 nitrogen and oxygen atoms in total. The number of hydrogen-bond acceptors (Lipinski definition) is 2. The summed E-state index contributed by atoms with van der Waals surface area (Å²) in [6, 6.07) is 17.2. The van der Waals surface area contributed by atoms with Crippen molar-refractivity contribution >= 4 is 6.09 Å². The minimum absolute atomic E-state index is 0.377. The van der Waals surface area contributed by atoms with Gasteiger partial charge in [-0.2, -0.15) is 0 Å². The Morgan fingerprint density at radius 3 is 2.17 bits per heavy atom. The van der Waals surface area contributed by atoms with Crippen molar-refractivity contribution in [1.82, 2.24) is 5.32 Å². The van der Waals surface area contributed by atoms with Gasteiger partial charge in [0.25, 0.3) is 0 Å². The van der Waals surface area contributed by atoms with Gasteiger partial charge < -0.3 is 10.1 Å². The molecule has 0 aliphatic heterocycles. The van der Waals surface area contributed by atoms with Gasteiger partial charge in [-0.1, -0.05) is 48.5 Å². The lowest BCUT2D eigenvalue weighted by Crippen LogP contribution is -2.32. The second kappa shape index (κ2) is 6.68. The van der Waals surface area contributed by atoms with Crippen LogP contribution >= 0.6 is 0 Å². The standard InChI is InChI=1S/C21H25NO2/c1-21(2,3)24-20(23)22-14-15-8-10-16(11-9-15)19-12-17-6-4-5-7-18(17)13-19/h4-11,19H,12-14H2,1-3H3,(H,22,23). The van der Waals surface area contributed by atoms with Gasteiger partial charge in [0.05, 0.1) is 0 Å². The number of fused-ring (bicyclic) bond motifs is 1. The molecule has 0 radical (unpaired) electrons. The molecule has 24 heavy (non-hydrogen) atoms. The third kappa shape index (κ3) is 4.16. The summed E-state index contributed by atoms with van der Waals surface area (Å²) in [6.45, 7) is 6.07. The van der Waals surface area contributed by atoms with Crippen LogP contribution in [0.1, 0.15) is 48.9 Å². The summed E-state index contributed by atoms with van der Waals surface area (Å²) in [4.78, 5) is 11.7. The Balaban J connectivity index is 1.56. The molecule has 1 amide bonds. The van der Waals surface area contributed by atoms with Crippen molar-refractivity contribution in [2.75, 3.05) is 0 Å². The van der Waals surface area contributed by atoms with Crippen molar-refractivity contribution < 1.29 is 9.53 Å². The predicted molar refractivity (Wildman–Crippen MR) is 96.1 cm³/mol. The van der Waals surface area contributed by atoms with Crippen molar-refractivity contribution in [3.8, 4) is 0 Å². The van der Waals surface area contributed by atoms with E-state index in [1.807, 2.05) is 20.8 Å². The summed E-state index contributed by atoms with van der Waals surface area (Å²) in [5.74, 6) is 0.565. The lowest BCUT2D eigenvalue weighted by Gasteiger charge is -2.19. The second-order valence-electron chi connectivity index (χ2n) is 7.47. The summed E-state index contributed by atoms with van der Waals surface area (Å²) in [7, 11) is 0. The van der Waals surface area contributed by atoms with Gasteiger partial charge in [-0.25, -0.2) is 4.79 Å². The van der Waals surface area contributed by atoms with E-state index in [-0.39, 0.29) is 6.09 Å². The van der Waals surface area contributed by atoms with E-state index < -0.39 is 5.60 Å². The number of carbonyl (C=O) groups is 1. The maximum Gasteiger partial charge on any atom is 0.407 e. The molecule has 0 saturated heterocycles. The highest BCUT2D eigenvalue weighted by molar-refractivity contribution is 5.67. The molecule has 1 aliphatic rings. The zero-order valence-corrected chi connectivity index (χ0v) is 14.6. The van der Waals surface area contributed by atoms with Crippen molar-refractivity contribution in [2.45, 2.75) is 51.7 Å². The van der Waals surface area contributed by atoms with E-state index in [4.69, 9.17) is 4.74 Å². The van der Waals surface area contributed by atoms with Crippen LogP contribution in [0.3, 0.4) is 0 Å². The van der Waals surface area contributed by atoms with Crippen LogP contribution in [0.5, 0.6) is 0 Å². The Bertz CT molecular complexity index is 688. The average Bonchev–Trinajstić information content (AvgIpc) is 2.96. The van der Waals surface area contributed by atoms with E-state index in [9.17, 15) is 4.79 Å².